The van der Waals surface area contributed by atoms with Crippen molar-refractivity contribution in [3.63, 3.8) is 0 Å². The van der Waals surface area contributed by atoms with E-state index in [1.165, 1.54) is 4.90 Å². The van der Waals surface area contributed by atoms with E-state index in [0.717, 1.165) is 0 Å². The predicted molar refractivity (Wildman–Crippen MR) is 52.3 cm³/mol. The van der Waals surface area contributed by atoms with Gasteiger partial charge >= 0.3 is 6.09 Å². The van der Waals surface area contributed by atoms with Crippen LogP contribution in [0.3, 0.4) is 0 Å². The van der Waals surface area contributed by atoms with Gasteiger partial charge in [-0.15, -0.1) is 0 Å². The standard InChI is InChI=1S/C9H18N2O3/c1-9(2,14)5-7-6-10-3-4-11(7)8(12)13/h7,10,14H,3-6H2,1-2H3,(H,12,13). The van der Waals surface area contributed by atoms with Crippen LogP contribution < -0.4 is 5.32 Å². The van der Waals surface area contributed by atoms with Gasteiger partial charge in [0.2, 0.25) is 0 Å². The summed E-state index contributed by atoms with van der Waals surface area (Å²) in [5.74, 6) is 0. The fourth-order valence-electron chi connectivity index (χ4n) is 1.77. The smallest absolute Gasteiger partial charge is 0.407 e. The summed E-state index contributed by atoms with van der Waals surface area (Å²) >= 11 is 0. The normalized spacial score (nSPS) is 23.6. The van der Waals surface area contributed by atoms with Gasteiger partial charge in [0.15, 0.2) is 0 Å². The predicted octanol–water partition coefficient (Wildman–Crippen LogP) is 0.0992. The molecule has 1 amide bonds. The Bertz CT molecular complexity index is 213. The number of nitrogens with zero attached hydrogens (tertiary/aromatic N) is 1. The molecule has 0 aromatic heterocycles. The lowest BCUT2D eigenvalue weighted by atomic mass is 9.97. The van der Waals surface area contributed by atoms with Crippen molar-refractivity contribution in [1.82, 2.24) is 10.2 Å². The number of amides is 1. The molecule has 0 radical (unpaired) electrons. The molecule has 1 aliphatic heterocycles. The number of hydrogen-bond acceptors (Lipinski definition) is 3. The molecule has 1 aliphatic rings. The number of aliphatic hydroxyl groups is 1. The van der Waals surface area contributed by atoms with E-state index in [1.54, 1.807) is 13.8 Å². The summed E-state index contributed by atoms with van der Waals surface area (Å²) in [4.78, 5) is 12.3. The first kappa shape index (κ1) is 11.3. The van der Waals surface area contributed by atoms with Crippen molar-refractivity contribution in [2.45, 2.75) is 31.9 Å². The molecule has 0 saturated carbocycles. The van der Waals surface area contributed by atoms with E-state index in [-0.39, 0.29) is 6.04 Å². The average Bonchev–Trinajstić information content (AvgIpc) is 2.01. The highest BCUT2D eigenvalue weighted by Gasteiger charge is 2.30. The zero-order chi connectivity index (χ0) is 10.8. The third kappa shape index (κ3) is 3.16. The summed E-state index contributed by atoms with van der Waals surface area (Å²) in [6.07, 6.45) is -0.437. The monoisotopic (exact) mass is 202 g/mol. The Hall–Kier alpha value is -0.810. The highest BCUT2D eigenvalue weighted by Crippen LogP contribution is 2.16. The van der Waals surface area contributed by atoms with Gasteiger partial charge in [0, 0.05) is 19.6 Å². The van der Waals surface area contributed by atoms with Gasteiger partial charge in [-0.05, 0) is 20.3 Å². The first-order valence-electron chi connectivity index (χ1n) is 4.83. The third-order valence-corrected chi connectivity index (χ3v) is 2.33. The summed E-state index contributed by atoms with van der Waals surface area (Å²) in [7, 11) is 0. The molecule has 0 spiro atoms. The molecule has 0 aliphatic carbocycles. The van der Waals surface area contributed by atoms with E-state index in [9.17, 15) is 9.90 Å². The van der Waals surface area contributed by atoms with Crippen LogP contribution in [0.25, 0.3) is 0 Å². The van der Waals surface area contributed by atoms with Crippen molar-refractivity contribution in [1.29, 1.82) is 0 Å². The fraction of sp³-hybridized carbons (Fsp3) is 0.889. The molecule has 1 fully saturated rings. The molecule has 1 unspecified atom stereocenters. The van der Waals surface area contributed by atoms with Gasteiger partial charge in [-0.25, -0.2) is 4.79 Å². The van der Waals surface area contributed by atoms with Crippen LogP contribution in [0.1, 0.15) is 20.3 Å². The highest BCUT2D eigenvalue weighted by atomic mass is 16.4. The van der Waals surface area contributed by atoms with Crippen LogP contribution in [0.2, 0.25) is 0 Å². The Labute approximate surface area is 83.7 Å². The van der Waals surface area contributed by atoms with Crippen LogP contribution in [0.5, 0.6) is 0 Å². The molecule has 0 aromatic rings. The lowest BCUT2D eigenvalue weighted by Crippen LogP contribution is -2.55. The minimum Gasteiger partial charge on any atom is -0.465 e. The largest absolute Gasteiger partial charge is 0.465 e. The quantitative estimate of drug-likeness (QED) is 0.594. The molecular weight excluding hydrogens is 184 g/mol. The van der Waals surface area contributed by atoms with E-state index in [4.69, 9.17) is 5.11 Å². The van der Waals surface area contributed by atoms with Crippen LogP contribution in [0.4, 0.5) is 4.79 Å². The van der Waals surface area contributed by atoms with E-state index >= 15 is 0 Å². The van der Waals surface area contributed by atoms with Crippen LogP contribution in [0, 0.1) is 0 Å². The van der Waals surface area contributed by atoms with Gasteiger partial charge in [0.1, 0.15) is 0 Å². The van der Waals surface area contributed by atoms with Gasteiger partial charge in [-0.1, -0.05) is 0 Å². The summed E-state index contributed by atoms with van der Waals surface area (Å²) in [6, 6.07) is -0.124. The lowest BCUT2D eigenvalue weighted by molar-refractivity contribution is 0.0287. The van der Waals surface area contributed by atoms with Crippen LogP contribution in [-0.2, 0) is 0 Å². The van der Waals surface area contributed by atoms with E-state index in [2.05, 4.69) is 5.32 Å². The number of hydrogen-bond donors (Lipinski definition) is 3. The first-order chi connectivity index (χ1) is 6.40. The number of nitrogens with one attached hydrogen (secondary N) is 1. The Balaban J connectivity index is 2.59. The van der Waals surface area contributed by atoms with Gasteiger partial charge in [0.25, 0.3) is 0 Å². The maximum Gasteiger partial charge on any atom is 0.407 e. The third-order valence-electron chi connectivity index (χ3n) is 2.33. The molecule has 1 rings (SSSR count). The Morgan fingerprint density at radius 1 is 1.64 bits per heavy atom. The molecule has 5 heteroatoms. The van der Waals surface area contributed by atoms with Crippen molar-refractivity contribution in [2.24, 2.45) is 0 Å². The van der Waals surface area contributed by atoms with Gasteiger partial charge in [-0.3, -0.25) is 0 Å². The van der Waals surface area contributed by atoms with E-state index in [1.807, 2.05) is 0 Å². The second-order valence-electron chi connectivity index (χ2n) is 4.35. The molecule has 0 aromatic carbocycles. The summed E-state index contributed by atoms with van der Waals surface area (Å²) in [5, 5.41) is 21.7. The first-order valence-corrected chi connectivity index (χ1v) is 4.83. The van der Waals surface area contributed by atoms with E-state index in [0.29, 0.717) is 26.1 Å². The number of carboxylic acid groups (broad SMARTS) is 1. The number of rotatable bonds is 2. The summed E-state index contributed by atoms with van der Waals surface area (Å²) in [5.41, 5.74) is -0.822. The molecule has 14 heavy (non-hydrogen) atoms. The maximum absolute atomic E-state index is 10.9. The van der Waals surface area contributed by atoms with Crippen molar-refractivity contribution in [2.75, 3.05) is 19.6 Å². The molecule has 82 valence electrons. The van der Waals surface area contributed by atoms with Gasteiger partial charge in [0.05, 0.1) is 11.6 Å². The molecule has 1 heterocycles. The Kier molecular flexibility index (Phi) is 3.34. The zero-order valence-electron chi connectivity index (χ0n) is 8.66. The molecule has 0 bridgehead atoms. The van der Waals surface area contributed by atoms with Crippen molar-refractivity contribution in [3.05, 3.63) is 0 Å². The van der Waals surface area contributed by atoms with Crippen molar-refractivity contribution in [3.8, 4) is 0 Å². The Morgan fingerprint density at radius 3 is 2.79 bits per heavy atom. The topological polar surface area (TPSA) is 72.8 Å². The SMILES string of the molecule is CC(C)(O)CC1CNCCN1C(=O)O. The number of carbonyl (C=O) groups is 1. The second kappa shape index (κ2) is 4.14. The molecule has 3 N–H and O–H groups in total. The van der Waals surface area contributed by atoms with Crippen LogP contribution in [-0.4, -0.2) is 52.5 Å². The summed E-state index contributed by atoms with van der Waals surface area (Å²) < 4.78 is 0. The van der Waals surface area contributed by atoms with Gasteiger partial charge in [-0.2, -0.15) is 0 Å². The highest BCUT2D eigenvalue weighted by molar-refractivity contribution is 5.65. The maximum atomic E-state index is 10.9. The number of piperazine rings is 1. The zero-order valence-corrected chi connectivity index (χ0v) is 8.66. The molecule has 5 nitrogen and oxygen atoms in total. The van der Waals surface area contributed by atoms with Crippen LogP contribution >= 0.6 is 0 Å². The Morgan fingerprint density at radius 2 is 2.29 bits per heavy atom. The van der Waals surface area contributed by atoms with Crippen molar-refractivity contribution >= 4 is 6.09 Å². The van der Waals surface area contributed by atoms with E-state index < -0.39 is 11.7 Å². The van der Waals surface area contributed by atoms with Crippen molar-refractivity contribution < 1.29 is 15.0 Å². The minimum atomic E-state index is -0.902. The van der Waals surface area contributed by atoms with Crippen LogP contribution in [0.15, 0.2) is 0 Å². The molecule has 1 saturated heterocycles. The van der Waals surface area contributed by atoms with Gasteiger partial charge < -0.3 is 20.4 Å². The average molecular weight is 202 g/mol. The fourth-order valence-corrected chi connectivity index (χ4v) is 1.77. The second-order valence-corrected chi connectivity index (χ2v) is 4.35. The minimum absolute atomic E-state index is 0.124. The molecule has 1 atom stereocenters. The molecular formula is C9H18N2O3. The lowest BCUT2D eigenvalue weighted by Gasteiger charge is -2.37. The summed E-state index contributed by atoms with van der Waals surface area (Å²) in [6.45, 7) is 5.20.